The van der Waals surface area contributed by atoms with Crippen molar-refractivity contribution >= 4 is 21.6 Å². The second-order valence-corrected chi connectivity index (χ2v) is 2.79. The molecule has 0 aliphatic carbocycles. The number of allylic oxidation sites excluding steroid dienone is 1. The number of hydrogen-bond acceptors (Lipinski definition) is 2. The zero-order valence-corrected chi connectivity index (χ0v) is 10.8. The fourth-order valence-electron chi connectivity index (χ4n) is 0.725. The molecule has 3 heteroatoms. The molecule has 0 spiro atoms. The van der Waals surface area contributed by atoms with Gasteiger partial charge in [-0.25, -0.2) is 0 Å². The normalized spacial score (nSPS) is 12.2. The van der Waals surface area contributed by atoms with Crippen LogP contribution in [0.3, 0.4) is 0 Å². The summed E-state index contributed by atoms with van der Waals surface area (Å²) in [6, 6.07) is 0. The highest BCUT2D eigenvalue weighted by Crippen LogP contribution is 1.99. The summed E-state index contributed by atoms with van der Waals surface area (Å²) in [5, 5.41) is 0.863. The maximum absolute atomic E-state index is 4.98. The number of halogens is 1. The fraction of sp³-hybridized carbons (Fsp3) is 0.700. The summed E-state index contributed by atoms with van der Waals surface area (Å²) in [6.45, 7) is 6.62. The van der Waals surface area contributed by atoms with E-state index < -0.39 is 0 Å². The molecule has 0 fully saturated rings. The van der Waals surface area contributed by atoms with Gasteiger partial charge in [0.15, 0.2) is 0 Å². The Kier molecular flexibility index (Phi) is 14.0. The van der Waals surface area contributed by atoms with Crippen LogP contribution in [0, 0.1) is 0 Å². The van der Waals surface area contributed by atoms with Crippen molar-refractivity contribution in [1.29, 1.82) is 0 Å². The average Bonchev–Trinajstić information content (AvgIpc) is 2.17. The first-order chi connectivity index (χ1) is 6.26. The Labute approximate surface area is 90.2 Å². The SMILES string of the molecule is CC.CN=C(COC)/C(C)=C\CBr. The first kappa shape index (κ1) is 15.3. The van der Waals surface area contributed by atoms with E-state index in [2.05, 4.69) is 27.0 Å². The van der Waals surface area contributed by atoms with Crippen LogP contribution in [-0.2, 0) is 4.74 Å². The van der Waals surface area contributed by atoms with Crippen molar-refractivity contribution < 1.29 is 4.74 Å². The van der Waals surface area contributed by atoms with E-state index in [0.717, 1.165) is 11.0 Å². The van der Waals surface area contributed by atoms with Crippen molar-refractivity contribution in [3.8, 4) is 0 Å². The number of ether oxygens (including phenoxy) is 1. The quantitative estimate of drug-likeness (QED) is 0.555. The van der Waals surface area contributed by atoms with Crippen molar-refractivity contribution in [2.24, 2.45) is 4.99 Å². The molecule has 78 valence electrons. The summed E-state index contributed by atoms with van der Waals surface area (Å²) >= 11 is 3.33. The van der Waals surface area contributed by atoms with E-state index in [1.807, 2.05) is 20.8 Å². The van der Waals surface area contributed by atoms with Gasteiger partial charge < -0.3 is 4.74 Å². The molecular weight excluding hydrogens is 230 g/mol. The molecule has 0 aliphatic rings. The third-order valence-corrected chi connectivity index (χ3v) is 1.71. The minimum Gasteiger partial charge on any atom is -0.378 e. The number of nitrogens with zero attached hydrogens (tertiary/aromatic N) is 1. The highest BCUT2D eigenvalue weighted by molar-refractivity contribution is 9.09. The predicted molar refractivity (Wildman–Crippen MR) is 64.1 cm³/mol. The highest BCUT2D eigenvalue weighted by atomic mass is 79.9. The summed E-state index contributed by atoms with van der Waals surface area (Å²) in [6.07, 6.45) is 2.07. The van der Waals surface area contributed by atoms with Gasteiger partial charge >= 0.3 is 0 Å². The van der Waals surface area contributed by atoms with Gasteiger partial charge in [-0.15, -0.1) is 0 Å². The summed E-state index contributed by atoms with van der Waals surface area (Å²) in [5.74, 6) is 0. The topological polar surface area (TPSA) is 21.6 Å². The lowest BCUT2D eigenvalue weighted by Crippen LogP contribution is -2.08. The minimum atomic E-state index is 0.589. The molecule has 0 N–H and O–H groups in total. The van der Waals surface area contributed by atoms with Crippen LogP contribution in [0.25, 0.3) is 0 Å². The first-order valence-corrected chi connectivity index (χ1v) is 5.56. The number of rotatable bonds is 4. The molecule has 0 radical (unpaired) electrons. The van der Waals surface area contributed by atoms with Gasteiger partial charge in [0.05, 0.1) is 12.3 Å². The number of alkyl halides is 1. The van der Waals surface area contributed by atoms with Crippen LogP contribution in [0.5, 0.6) is 0 Å². The van der Waals surface area contributed by atoms with Gasteiger partial charge in [-0.1, -0.05) is 35.9 Å². The molecule has 0 saturated carbocycles. The Hall–Kier alpha value is -0.150. The molecule has 0 aromatic carbocycles. The molecule has 0 aromatic rings. The van der Waals surface area contributed by atoms with Gasteiger partial charge in [-0.05, 0) is 12.5 Å². The second-order valence-electron chi connectivity index (χ2n) is 2.14. The van der Waals surface area contributed by atoms with E-state index in [1.54, 1.807) is 14.2 Å². The smallest absolute Gasteiger partial charge is 0.0882 e. The summed E-state index contributed by atoms with van der Waals surface area (Å²) < 4.78 is 4.98. The van der Waals surface area contributed by atoms with Crippen molar-refractivity contribution in [3.63, 3.8) is 0 Å². The molecule has 0 heterocycles. The lowest BCUT2D eigenvalue weighted by atomic mass is 10.2. The molecule has 13 heavy (non-hydrogen) atoms. The van der Waals surface area contributed by atoms with E-state index in [4.69, 9.17) is 4.74 Å². The molecule has 0 rings (SSSR count). The molecule has 0 atom stereocenters. The molecule has 0 amide bonds. The van der Waals surface area contributed by atoms with E-state index in [0.29, 0.717) is 6.61 Å². The second kappa shape index (κ2) is 11.8. The van der Waals surface area contributed by atoms with Crippen LogP contribution in [0.4, 0.5) is 0 Å². The molecule has 2 nitrogen and oxygen atoms in total. The fourth-order valence-corrected chi connectivity index (χ4v) is 1.21. The summed E-state index contributed by atoms with van der Waals surface area (Å²) in [5.41, 5.74) is 2.18. The molecule has 0 aliphatic heterocycles. The highest BCUT2D eigenvalue weighted by Gasteiger charge is 1.98. The monoisotopic (exact) mass is 249 g/mol. The van der Waals surface area contributed by atoms with E-state index in [1.165, 1.54) is 5.57 Å². The van der Waals surface area contributed by atoms with Crippen LogP contribution < -0.4 is 0 Å². The van der Waals surface area contributed by atoms with Crippen molar-refractivity contribution in [1.82, 2.24) is 0 Å². The van der Waals surface area contributed by atoms with E-state index >= 15 is 0 Å². The Morgan fingerprint density at radius 2 is 2.00 bits per heavy atom. The van der Waals surface area contributed by atoms with Gasteiger partial charge in [0.25, 0.3) is 0 Å². The largest absolute Gasteiger partial charge is 0.378 e. The molecule has 0 bridgehead atoms. The van der Waals surface area contributed by atoms with E-state index in [-0.39, 0.29) is 0 Å². The Morgan fingerprint density at radius 3 is 2.31 bits per heavy atom. The lowest BCUT2D eigenvalue weighted by Gasteiger charge is -2.03. The van der Waals surface area contributed by atoms with Crippen molar-refractivity contribution in [3.05, 3.63) is 11.6 Å². The van der Waals surface area contributed by atoms with Gasteiger partial charge in [0.1, 0.15) is 0 Å². The summed E-state index contributed by atoms with van der Waals surface area (Å²) in [7, 11) is 3.45. The molecule has 0 aromatic heterocycles. The zero-order chi connectivity index (χ0) is 10.7. The van der Waals surface area contributed by atoms with Crippen LogP contribution in [0.15, 0.2) is 16.6 Å². The molecule has 0 saturated heterocycles. The Morgan fingerprint density at radius 1 is 1.46 bits per heavy atom. The third-order valence-electron chi connectivity index (χ3n) is 1.39. The standard InChI is InChI=1S/C8H14BrNO.C2H6/c1-7(4-5-9)8(10-2)6-11-3;1-2/h4H,5-6H2,1-3H3;1-2H3/b7-4-,10-8?;. The van der Waals surface area contributed by atoms with Gasteiger partial charge in [-0.3, -0.25) is 4.99 Å². The van der Waals surface area contributed by atoms with Gasteiger partial charge in [0, 0.05) is 19.5 Å². The number of methoxy groups -OCH3 is 1. The Bertz CT molecular complexity index is 164. The van der Waals surface area contributed by atoms with Gasteiger partial charge in [0.2, 0.25) is 0 Å². The lowest BCUT2D eigenvalue weighted by molar-refractivity contribution is 0.245. The zero-order valence-electron chi connectivity index (χ0n) is 9.22. The van der Waals surface area contributed by atoms with Crippen molar-refractivity contribution in [2.75, 3.05) is 26.1 Å². The minimum absolute atomic E-state index is 0.589. The predicted octanol–water partition coefficient (Wildman–Crippen LogP) is 3.07. The van der Waals surface area contributed by atoms with Crippen LogP contribution in [0.1, 0.15) is 20.8 Å². The maximum atomic E-state index is 4.98. The summed E-state index contributed by atoms with van der Waals surface area (Å²) in [4.78, 5) is 4.10. The van der Waals surface area contributed by atoms with E-state index in [9.17, 15) is 0 Å². The molecule has 0 unspecified atom stereocenters. The van der Waals surface area contributed by atoms with Crippen molar-refractivity contribution in [2.45, 2.75) is 20.8 Å². The van der Waals surface area contributed by atoms with Crippen LogP contribution >= 0.6 is 15.9 Å². The Balaban J connectivity index is 0. The first-order valence-electron chi connectivity index (χ1n) is 4.44. The average molecular weight is 250 g/mol. The van der Waals surface area contributed by atoms with Crippen LogP contribution in [-0.4, -0.2) is 31.8 Å². The number of hydrogen-bond donors (Lipinski definition) is 0. The maximum Gasteiger partial charge on any atom is 0.0882 e. The van der Waals surface area contributed by atoms with Gasteiger partial charge in [-0.2, -0.15) is 0 Å². The molecular formula is C10H20BrNO. The number of aliphatic imine (C=N–C) groups is 1. The van der Waals surface area contributed by atoms with Crippen LogP contribution in [0.2, 0.25) is 0 Å². The third kappa shape index (κ3) is 8.19.